The Labute approximate surface area is 134 Å². The van der Waals surface area contributed by atoms with Crippen LogP contribution in [0, 0.1) is 5.92 Å². The molecule has 2 unspecified atom stereocenters. The molecule has 0 radical (unpaired) electrons. The molecular formula is C20H17NO2. The highest BCUT2D eigenvalue weighted by Crippen LogP contribution is 2.48. The molecule has 3 heteroatoms. The van der Waals surface area contributed by atoms with Crippen molar-refractivity contribution in [1.29, 1.82) is 0 Å². The number of hydrogen-bond donors (Lipinski definition) is 2. The Morgan fingerprint density at radius 3 is 3.00 bits per heavy atom. The van der Waals surface area contributed by atoms with E-state index < -0.39 is 12.0 Å². The van der Waals surface area contributed by atoms with E-state index in [-0.39, 0.29) is 5.92 Å². The van der Waals surface area contributed by atoms with E-state index in [0.717, 1.165) is 12.0 Å². The van der Waals surface area contributed by atoms with E-state index >= 15 is 0 Å². The maximum Gasteiger partial charge on any atom is 0.250 e. The summed E-state index contributed by atoms with van der Waals surface area (Å²) >= 11 is 0. The topological polar surface area (TPSA) is 63.3 Å². The van der Waals surface area contributed by atoms with Crippen LogP contribution in [-0.4, -0.2) is 17.1 Å². The SMILES string of the molecule is NC(=O)C(O)/C=C/C1=C2C=CC=C3C=CC4=C(C(=C1)C=CC4)C32. The van der Waals surface area contributed by atoms with Gasteiger partial charge in [-0.3, -0.25) is 4.79 Å². The molecule has 0 aromatic rings. The van der Waals surface area contributed by atoms with E-state index in [1.165, 1.54) is 33.9 Å². The van der Waals surface area contributed by atoms with Crippen molar-refractivity contribution in [2.45, 2.75) is 12.5 Å². The van der Waals surface area contributed by atoms with Crippen LogP contribution in [0.25, 0.3) is 0 Å². The maximum atomic E-state index is 11.0. The lowest BCUT2D eigenvalue weighted by Gasteiger charge is -2.36. The number of rotatable bonds is 3. The van der Waals surface area contributed by atoms with Gasteiger partial charge in [-0.2, -0.15) is 0 Å². The Balaban J connectivity index is 1.84. The highest BCUT2D eigenvalue weighted by atomic mass is 16.3. The first-order valence-corrected chi connectivity index (χ1v) is 7.73. The summed E-state index contributed by atoms with van der Waals surface area (Å²) in [5, 5.41) is 9.62. The number of nitrogens with two attached hydrogens (primary N) is 1. The summed E-state index contributed by atoms with van der Waals surface area (Å²) < 4.78 is 0. The predicted molar refractivity (Wildman–Crippen MR) is 90.1 cm³/mol. The Hall–Kier alpha value is -2.65. The fourth-order valence-corrected chi connectivity index (χ4v) is 3.59. The van der Waals surface area contributed by atoms with E-state index in [1.807, 2.05) is 6.08 Å². The number of primary amides is 1. The average Bonchev–Trinajstić information content (AvgIpc) is 2.57. The molecule has 1 amide bonds. The number of amides is 1. The minimum atomic E-state index is -1.26. The van der Waals surface area contributed by atoms with Crippen molar-refractivity contribution in [3.8, 4) is 0 Å². The van der Waals surface area contributed by atoms with Gasteiger partial charge in [-0.25, -0.2) is 0 Å². The van der Waals surface area contributed by atoms with Crippen LogP contribution in [-0.2, 0) is 4.79 Å². The van der Waals surface area contributed by atoms with E-state index in [1.54, 1.807) is 6.08 Å². The average molecular weight is 303 g/mol. The molecule has 114 valence electrons. The second kappa shape index (κ2) is 5.21. The lowest BCUT2D eigenvalue weighted by molar-refractivity contribution is -0.123. The van der Waals surface area contributed by atoms with Crippen LogP contribution in [0.2, 0.25) is 0 Å². The standard InChI is InChI=1S/C20H17NO2/c21-20(23)17(22)10-9-14-11-15-5-1-3-12-7-8-13-4-2-6-16(14)19(13)18(12)15/h1-2,4-11,17,19,22H,3H2,(H2,21,23)/b10-9+. The number of carbonyl (C=O) groups excluding carboxylic acids is 1. The quantitative estimate of drug-likeness (QED) is 0.841. The first-order valence-electron chi connectivity index (χ1n) is 7.73. The monoisotopic (exact) mass is 303 g/mol. The molecule has 4 rings (SSSR count). The first-order chi connectivity index (χ1) is 11.1. The molecule has 0 saturated heterocycles. The summed E-state index contributed by atoms with van der Waals surface area (Å²) in [5.41, 5.74) is 12.6. The third-order valence-corrected chi connectivity index (χ3v) is 4.66. The summed E-state index contributed by atoms with van der Waals surface area (Å²) in [6.07, 6.45) is 20.1. The zero-order chi connectivity index (χ0) is 16.0. The van der Waals surface area contributed by atoms with Crippen molar-refractivity contribution in [1.82, 2.24) is 0 Å². The number of carbonyl (C=O) groups is 1. The van der Waals surface area contributed by atoms with Gasteiger partial charge in [0, 0.05) is 5.92 Å². The Morgan fingerprint density at radius 2 is 2.17 bits per heavy atom. The van der Waals surface area contributed by atoms with Crippen LogP contribution >= 0.6 is 0 Å². The first kappa shape index (κ1) is 14.0. The van der Waals surface area contributed by atoms with Crippen molar-refractivity contribution in [2.75, 3.05) is 0 Å². The molecule has 0 heterocycles. The summed E-state index contributed by atoms with van der Waals surface area (Å²) in [5.74, 6) is -0.494. The summed E-state index contributed by atoms with van der Waals surface area (Å²) in [7, 11) is 0. The third-order valence-electron chi connectivity index (χ3n) is 4.66. The number of allylic oxidation sites excluding steroid dienone is 15. The predicted octanol–water partition coefficient (Wildman–Crippen LogP) is 2.56. The molecule has 0 aromatic carbocycles. The molecule has 4 aliphatic carbocycles. The molecule has 3 N–H and O–H groups in total. The Kier molecular flexibility index (Phi) is 3.17. The van der Waals surface area contributed by atoms with Crippen LogP contribution in [0.5, 0.6) is 0 Å². The second-order valence-electron chi connectivity index (χ2n) is 6.05. The third kappa shape index (κ3) is 2.21. The molecular weight excluding hydrogens is 286 g/mol. The Bertz CT molecular complexity index is 841. The number of aliphatic hydroxyl groups excluding tert-OH is 1. The van der Waals surface area contributed by atoms with Gasteiger partial charge in [0.05, 0.1) is 0 Å². The van der Waals surface area contributed by atoms with Gasteiger partial charge in [0.15, 0.2) is 6.10 Å². The van der Waals surface area contributed by atoms with Gasteiger partial charge < -0.3 is 10.8 Å². The minimum absolute atomic E-state index is 0.246. The van der Waals surface area contributed by atoms with Gasteiger partial charge in [-0.1, -0.05) is 48.6 Å². The molecule has 0 fully saturated rings. The lowest BCUT2D eigenvalue weighted by Crippen LogP contribution is -2.26. The second-order valence-corrected chi connectivity index (χ2v) is 6.05. The van der Waals surface area contributed by atoms with Crippen LogP contribution < -0.4 is 5.73 Å². The Morgan fingerprint density at radius 1 is 1.30 bits per heavy atom. The largest absolute Gasteiger partial charge is 0.379 e. The molecule has 0 spiro atoms. The maximum absolute atomic E-state index is 11.0. The lowest BCUT2D eigenvalue weighted by atomic mass is 9.67. The van der Waals surface area contributed by atoms with Crippen LogP contribution in [0.4, 0.5) is 0 Å². The minimum Gasteiger partial charge on any atom is -0.379 e. The zero-order valence-electron chi connectivity index (χ0n) is 12.6. The van der Waals surface area contributed by atoms with Gasteiger partial charge in [0.2, 0.25) is 5.91 Å². The molecule has 0 bridgehead atoms. The summed E-state index contributed by atoms with van der Waals surface area (Å²) in [6, 6.07) is 0. The molecule has 0 saturated carbocycles. The summed E-state index contributed by atoms with van der Waals surface area (Å²) in [4.78, 5) is 11.0. The van der Waals surface area contributed by atoms with E-state index in [2.05, 4.69) is 42.5 Å². The normalized spacial score (nSPS) is 25.5. The van der Waals surface area contributed by atoms with E-state index in [4.69, 9.17) is 5.73 Å². The van der Waals surface area contributed by atoms with Crippen molar-refractivity contribution in [2.24, 2.45) is 11.7 Å². The molecule has 3 nitrogen and oxygen atoms in total. The molecule has 2 atom stereocenters. The fraction of sp³-hybridized carbons (Fsp3) is 0.150. The molecule has 4 aliphatic rings. The van der Waals surface area contributed by atoms with Gasteiger partial charge in [-0.15, -0.1) is 0 Å². The van der Waals surface area contributed by atoms with Gasteiger partial charge in [0.1, 0.15) is 0 Å². The van der Waals surface area contributed by atoms with Crippen LogP contribution in [0.3, 0.4) is 0 Å². The van der Waals surface area contributed by atoms with Crippen molar-refractivity contribution in [3.63, 3.8) is 0 Å². The molecule has 0 aliphatic heterocycles. The molecule has 23 heavy (non-hydrogen) atoms. The number of aliphatic hydroxyl groups is 1. The van der Waals surface area contributed by atoms with Crippen LogP contribution in [0.1, 0.15) is 6.42 Å². The van der Waals surface area contributed by atoms with E-state index in [9.17, 15) is 9.90 Å². The van der Waals surface area contributed by atoms with Crippen molar-refractivity contribution >= 4 is 5.91 Å². The van der Waals surface area contributed by atoms with Crippen molar-refractivity contribution in [3.05, 3.63) is 94.2 Å². The van der Waals surface area contributed by atoms with Crippen molar-refractivity contribution < 1.29 is 9.90 Å². The smallest absolute Gasteiger partial charge is 0.250 e. The van der Waals surface area contributed by atoms with Gasteiger partial charge >= 0.3 is 0 Å². The summed E-state index contributed by atoms with van der Waals surface area (Å²) in [6.45, 7) is 0. The fourth-order valence-electron chi connectivity index (χ4n) is 3.59. The zero-order valence-corrected chi connectivity index (χ0v) is 12.6. The van der Waals surface area contributed by atoms with Gasteiger partial charge in [-0.05, 0) is 52.0 Å². The van der Waals surface area contributed by atoms with Gasteiger partial charge in [0.25, 0.3) is 0 Å². The highest BCUT2D eigenvalue weighted by Gasteiger charge is 2.33. The molecule has 0 aromatic heterocycles. The highest BCUT2D eigenvalue weighted by molar-refractivity contribution is 5.80. The van der Waals surface area contributed by atoms with Crippen LogP contribution in [0.15, 0.2) is 94.2 Å². The number of hydrogen-bond acceptors (Lipinski definition) is 2. The van der Waals surface area contributed by atoms with E-state index in [0.29, 0.717) is 0 Å².